The van der Waals surface area contributed by atoms with Gasteiger partial charge in [-0.1, -0.05) is 13.8 Å². The van der Waals surface area contributed by atoms with Crippen molar-refractivity contribution in [2.75, 3.05) is 26.3 Å². The van der Waals surface area contributed by atoms with Gasteiger partial charge >= 0.3 is 0 Å². The molecule has 2 fully saturated rings. The van der Waals surface area contributed by atoms with Gasteiger partial charge in [0.1, 0.15) is 5.65 Å². The van der Waals surface area contributed by atoms with Gasteiger partial charge in [-0.15, -0.1) is 0 Å². The van der Waals surface area contributed by atoms with E-state index in [4.69, 9.17) is 4.74 Å². The third-order valence-electron chi connectivity index (χ3n) is 5.63. The van der Waals surface area contributed by atoms with Gasteiger partial charge in [-0.3, -0.25) is 19.0 Å². The summed E-state index contributed by atoms with van der Waals surface area (Å²) in [5.74, 6) is -1.02. The maximum atomic E-state index is 13.1. The first-order valence-corrected chi connectivity index (χ1v) is 11.0. The Kier molecular flexibility index (Phi) is 6.05. The number of rotatable bonds is 6. The minimum atomic E-state index is -0.682. The molecule has 0 aromatic carbocycles. The van der Waals surface area contributed by atoms with Gasteiger partial charge in [0.25, 0.3) is 11.5 Å². The SMILES string of the molecule is Cc1nn2c(=O)c(C(=O)NC3CC3)c(O)n(CC(C)C)c2c1C=CC(=O)N1CCOCC1. The Morgan fingerprint density at radius 1 is 1.28 bits per heavy atom. The van der Waals surface area contributed by atoms with Crippen LogP contribution in [0.25, 0.3) is 11.7 Å². The summed E-state index contributed by atoms with van der Waals surface area (Å²) in [6.45, 7) is 8.09. The zero-order valence-corrected chi connectivity index (χ0v) is 18.6. The molecular formula is C22H29N5O5. The fourth-order valence-electron chi connectivity index (χ4n) is 3.83. The average molecular weight is 444 g/mol. The number of morpholine rings is 1. The lowest BCUT2D eigenvalue weighted by atomic mass is 10.1. The van der Waals surface area contributed by atoms with Crippen LogP contribution in [0.3, 0.4) is 0 Å². The number of amides is 2. The molecule has 0 unspecified atom stereocenters. The normalized spacial score (nSPS) is 16.9. The molecule has 172 valence electrons. The van der Waals surface area contributed by atoms with Crippen LogP contribution in [0.5, 0.6) is 5.88 Å². The molecule has 10 nitrogen and oxygen atoms in total. The Balaban J connectivity index is 1.81. The summed E-state index contributed by atoms with van der Waals surface area (Å²) >= 11 is 0. The lowest BCUT2D eigenvalue weighted by molar-refractivity contribution is -0.129. The molecule has 2 aromatic rings. The van der Waals surface area contributed by atoms with Crippen LogP contribution in [0.2, 0.25) is 0 Å². The van der Waals surface area contributed by atoms with E-state index < -0.39 is 11.5 Å². The Bertz CT molecular complexity index is 1140. The van der Waals surface area contributed by atoms with Gasteiger partial charge in [-0.05, 0) is 31.8 Å². The molecule has 0 spiro atoms. The van der Waals surface area contributed by atoms with Crippen molar-refractivity contribution in [2.24, 2.45) is 5.92 Å². The zero-order valence-electron chi connectivity index (χ0n) is 18.6. The number of aromatic nitrogens is 3. The van der Waals surface area contributed by atoms with Crippen molar-refractivity contribution >= 4 is 23.5 Å². The Hall–Kier alpha value is -3.14. The number of carbonyl (C=O) groups is 2. The maximum absolute atomic E-state index is 13.1. The van der Waals surface area contributed by atoms with Crippen molar-refractivity contribution < 1.29 is 19.4 Å². The number of ether oxygens (including phenoxy) is 1. The van der Waals surface area contributed by atoms with Crippen LogP contribution in [0, 0.1) is 12.8 Å². The molecule has 4 rings (SSSR count). The lowest BCUT2D eigenvalue weighted by Crippen LogP contribution is -2.39. The van der Waals surface area contributed by atoms with Crippen molar-refractivity contribution in [2.45, 2.75) is 46.2 Å². The van der Waals surface area contributed by atoms with E-state index in [2.05, 4.69) is 10.4 Å². The Labute approximate surface area is 185 Å². The second-order valence-corrected chi connectivity index (χ2v) is 8.76. The predicted molar refractivity (Wildman–Crippen MR) is 118 cm³/mol. The number of aromatic hydroxyl groups is 1. The molecule has 3 heterocycles. The number of hydrogen-bond acceptors (Lipinski definition) is 6. The number of aryl methyl sites for hydroxylation is 1. The molecular weight excluding hydrogens is 414 g/mol. The van der Waals surface area contributed by atoms with Crippen molar-refractivity contribution in [3.05, 3.63) is 33.3 Å². The topological polar surface area (TPSA) is 118 Å². The second-order valence-electron chi connectivity index (χ2n) is 8.76. The summed E-state index contributed by atoms with van der Waals surface area (Å²) in [5, 5.41) is 18.1. The monoisotopic (exact) mass is 443 g/mol. The fourth-order valence-corrected chi connectivity index (χ4v) is 3.83. The highest BCUT2D eigenvalue weighted by Gasteiger charge is 2.30. The molecule has 2 aromatic heterocycles. The highest BCUT2D eigenvalue weighted by Crippen LogP contribution is 2.26. The van der Waals surface area contributed by atoms with Crippen LogP contribution in [0.1, 0.15) is 48.3 Å². The van der Waals surface area contributed by atoms with Crippen LogP contribution in [0.15, 0.2) is 10.9 Å². The smallest absolute Gasteiger partial charge is 0.291 e. The number of hydrogen-bond donors (Lipinski definition) is 2. The Morgan fingerprint density at radius 3 is 2.59 bits per heavy atom. The third kappa shape index (κ3) is 4.27. The van der Waals surface area contributed by atoms with E-state index in [1.54, 1.807) is 17.9 Å². The standard InChI is InChI=1S/C22H29N5O5/c1-13(2)12-26-20-16(6-7-17(28)25-8-10-32-11-9-25)14(3)24-27(20)22(31)18(21(26)30)19(29)23-15-4-5-15/h6-7,13,15,30H,4-5,8-12H2,1-3H3,(H,23,29). The highest BCUT2D eigenvalue weighted by atomic mass is 16.5. The summed E-state index contributed by atoms with van der Waals surface area (Å²) in [7, 11) is 0. The first-order valence-electron chi connectivity index (χ1n) is 11.0. The zero-order chi connectivity index (χ0) is 23.0. The van der Waals surface area contributed by atoms with Gasteiger partial charge < -0.3 is 20.1 Å². The Morgan fingerprint density at radius 2 is 1.97 bits per heavy atom. The molecule has 2 aliphatic rings. The average Bonchev–Trinajstić information content (AvgIpc) is 3.50. The summed E-state index contributed by atoms with van der Waals surface area (Å²) in [6.07, 6.45) is 4.79. The third-order valence-corrected chi connectivity index (χ3v) is 5.63. The number of nitrogens with one attached hydrogen (secondary N) is 1. The minimum absolute atomic E-state index is 0.0413. The van der Waals surface area contributed by atoms with E-state index in [1.165, 1.54) is 10.6 Å². The van der Waals surface area contributed by atoms with Crippen LogP contribution in [-0.2, 0) is 16.1 Å². The van der Waals surface area contributed by atoms with E-state index >= 15 is 0 Å². The lowest BCUT2D eigenvalue weighted by Gasteiger charge is -2.25. The fraction of sp³-hybridized carbons (Fsp3) is 0.545. The largest absolute Gasteiger partial charge is 0.494 e. The summed E-state index contributed by atoms with van der Waals surface area (Å²) in [4.78, 5) is 40.1. The molecule has 1 aliphatic carbocycles. The molecule has 10 heteroatoms. The second kappa shape index (κ2) is 8.78. The molecule has 0 bridgehead atoms. The predicted octanol–water partition coefficient (Wildman–Crippen LogP) is 0.930. The summed E-state index contributed by atoms with van der Waals surface area (Å²) < 4.78 is 7.97. The molecule has 32 heavy (non-hydrogen) atoms. The molecule has 1 saturated heterocycles. The van der Waals surface area contributed by atoms with E-state index in [-0.39, 0.29) is 29.3 Å². The van der Waals surface area contributed by atoms with Crippen LogP contribution >= 0.6 is 0 Å². The first-order chi connectivity index (χ1) is 15.3. The molecule has 2 N–H and O–H groups in total. The van der Waals surface area contributed by atoms with Crippen LogP contribution in [-0.4, -0.2) is 68.3 Å². The van der Waals surface area contributed by atoms with Gasteiger partial charge in [0, 0.05) is 37.3 Å². The van der Waals surface area contributed by atoms with Crippen LogP contribution < -0.4 is 10.9 Å². The molecule has 1 aliphatic heterocycles. The van der Waals surface area contributed by atoms with Crippen molar-refractivity contribution in [1.82, 2.24) is 24.4 Å². The van der Waals surface area contributed by atoms with E-state index in [9.17, 15) is 19.5 Å². The number of nitrogens with zero attached hydrogens (tertiary/aromatic N) is 4. The molecule has 0 atom stereocenters. The minimum Gasteiger partial charge on any atom is -0.494 e. The summed E-state index contributed by atoms with van der Waals surface area (Å²) in [5.41, 5.74) is 0.427. The molecule has 2 amide bonds. The number of fused-ring (bicyclic) bond motifs is 1. The van der Waals surface area contributed by atoms with Crippen molar-refractivity contribution in [3.8, 4) is 5.88 Å². The van der Waals surface area contributed by atoms with Crippen molar-refractivity contribution in [1.29, 1.82) is 0 Å². The highest BCUT2D eigenvalue weighted by molar-refractivity contribution is 5.97. The van der Waals surface area contributed by atoms with E-state index in [0.717, 1.165) is 17.4 Å². The summed E-state index contributed by atoms with van der Waals surface area (Å²) in [6, 6.07) is 0.0413. The molecule has 1 saturated carbocycles. The van der Waals surface area contributed by atoms with E-state index in [0.29, 0.717) is 49.8 Å². The molecule has 0 radical (unpaired) electrons. The van der Waals surface area contributed by atoms with Gasteiger partial charge in [0.15, 0.2) is 5.56 Å². The van der Waals surface area contributed by atoms with Crippen LogP contribution in [0.4, 0.5) is 0 Å². The van der Waals surface area contributed by atoms with Gasteiger partial charge in [-0.25, -0.2) is 0 Å². The van der Waals surface area contributed by atoms with Crippen molar-refractivity contribution in [3.63, 3.8) is 0 Å². The first kappa shape index (κ1) is 22.1. The van der Waals surface area contributed by atoms with Gasteiger partial charge in [-0.2, -0.15) is 9.61 Å². The quantitative estimate of drug-likeness (QED) is 0.642. The number of carbonyl (C=O) groups excluding carboxylic acids is 2. The maximum Gasteiger partial charge on any atom is 0.291 e. The van der Waals surface area contributed by atoms with Gasteiger partial charge in [0.05, 0.1) is 18.9 Å². The van der Waals surface area contributed by atoms with Gasteiger partial charge in [0.2, 0.25) is 11.8 Å². The van der Waals surface area contributed by atoms with E-state index in [1.807, 2.05) is 13.8 Å².